The molecule has 0 aliphatic rings. The quantitative estimate of drug-likeness (QED) is 0.656. The SMILES string of the molecule is COc1ccc(P(c2ccccc2)c2ccccc2)c(Cl)c1. The van der Waals surface area contributed by atoms with Crippen LogP contribution in [0.15, 0.2) is 78.9 Å². The molecule has 0 radical (unpaired) electrons. The van der Waals surface area contributed by atoms with Gasteiger partial charge >= 0.3 is 0 Å². The zero-order chi connectivity index (χ0) is 15.4. The molecule has 3 heteroatoms. The maximum Gasteiger partial charge on any atom is 0.120 e. The predicted molar refractivity (Wildman–Crippen MR) is 96.7 cm³/mol. The third kappa shape index (κ3) is 3.16. The zero-order valence-corrected chi connectivity index (χ0v) is 13.9. The number of rotatable bonds is 4. The topological polar surface area (TPSA) is 9.23 Å². The van der Waals surface area contributed by atoms with Crippen LogP contribution < -0.4 is 20.7 Å². The standard InChI is InChI=1S/C19H16ClOP/c1-21-15-12-13-19(18(20)14-15)22(16-8-4-2-5-9-16)17-10-6-3-7-11-17/h2-14H,1H3. The molecule has 0 amide bonds. The van der Waals surface area contributed by atoms with E-state index in [1.807, 2.05) is 24.3 Å². The first kappa shape index (κ1) is 15.1. The molecule has 3 aromatic rings. The summed E-state index contributed by atoms with van der Waals surface area (Å²) < 4.78 is 5.26. The van der Waals surface area contributed by atoms with Gasteiger partial charge in [0.05, 0.1) is 12.1 Å². The summed E-state index contributed by atoms with van der Waals surface area (Å²) in [5, 5.41) is 4.47. The molecule has 22 heavy (non-hydrogen) atoms. The number of methoxy groups -OCH3 is 1. The molecule has 0 atom stereocenters. The van der Waals surface area contributed by atoms with E-state index in [4.69, 9.17) is 16.3 Å². The monoisotopic (exact) mass is 326 g/mol. The number of halogens is 1. The number of hydrogen-bond donors (Lipinski definition) is 0. The minimum absolute atomic E-state index is 0.672. The maximum atomic E-state index is 6.54. The number of ether oxygens (including phenoxy) is 1. The lowest BCUT2D eigenvalue weighted by molar-refractivity contribution is 0.415. The third-order valence-electron chi connectivity index (χ3n) is 3.42. The van der Waals surface area contributed by atoms with Crippen molar-refractivity contribution in [3.63, 3.8) is 0 Å². The van der Waals surface area contributed by atoms with Crippen LogP contribution in [0.2, 0.25) is 5.02 Å². The van der Waals surface area contributed by atoms with Gasteiger partial charge < -0.3 is 4.74 Å². The molecule has 1 nitrogen and oxygen atoms in total. The van der Waals surface area contributed by atoms with Crippen LogP contribution in [0.4, 0.5) is 0 Å². The lowest BCUT2D eigenvalue weighted by Crippen LogP contribution is -2.21. The molecular formula is C19H16ClOP. The molecule has 0 aromatic heterocycles. The average Bonchev–Trinajstić information content (AvgIpc) is 2.58. The van der Waals surface area contributed by atoms with E-state index in [0.717, 1.165) is 16.1 Å². The zero-order valence-electron chi connectivity index (χ0n) is 12.2. The van der Waals surface area contributed by atoms with Gasteiger partial charge in [-0.1, -0.05) is 72.3 Å². The fourth-order valence-corrected chi connectivity index (χ4v) is 5.10. The first-order valence-corrected chi connectivity index (χ1v) is 8.75. The number of hydrogen-bond acceptors (Lipinski definition) is 1. The van der Waals surface area contributed by atoms with Gasteiger partial charge in [0.1, 0.15) is 5.75 Å². The smallest absolute Gasteiger partial charge is 0.120 e. The van der Waals surface area contributed by atoms with E-state index in [9.17, 15) is 0 Å². The summed E-state index contributed by atoms with van der Waals surface area (Å²) in [6.07, 6.45) is 0. The van der Waals surface area contributed by atoms with Gasteiger partial charge in [0, 0.05) is 5.30 Å². The van der Waals surface area contributed by atoms with Crippen LogP contribution in [0.1, 0.15) is 0 Å². The molecule has 0 saturated heterocycles. The molecule has 110 valence electrons. The lowest BCUT2D eigenvalue weighted by Gasteiger charge is -2.20. The van der Waals surface area contributed by atoms with Gasteiger partial charge in [-0.05, 0) is 36.7 Å². The van der Waals surface area contributed by atoms with Crippen molar-refractivity contribution in [1.29, 1.82) is 0 Å². The predicted octanol–water partition coefficient (Wildman–Crippen LogP) is 4.11. The third-order valence-corrected chi connectivity index (χ3v) is 6.37. The highest BCUT2D eigenvalue weighted by Crippen LogP contribution is 2.36. The summed E-state index contributed by atoms with van der Waals surface area (Å²) in [7, 11) is 0.984. The summed E-state index contributed by atoms with van der Waals surface area (Å²) in [6, 6.07) is 27.0. The molecule has 0 bridgehead atoms. The molecule has 0 saturated carbocycles. The van der Waals surface area contributed by atoms with Crippen molar-refractivity contribution in [3.8, 4) is 5.75 Å². The van der Waals surface area contributed by atoms with Crippen molar-refractivity contribution in [2.24, 2.45) is 0 Å². The minimum Gasteiger partial charge on any atom is -0.497 e. The summed E-state index contributed by atoms with van der Waals surface area (Å²) in [5.41, 5.74) is 0. The Morgan fingerprint density at radius 2 is 1.32 bits per heavy atom. The van der Waals surface area contributed by atoms with Crippen LogP contribution in [0, 0.1) is 0 Å². The highest BCUT2D eigenvalue weighted by molar-refractivity contribution is 7.80. The summed E-state index contributed by atoms with van der Waals surface area (Å²) >= 11 is 6.54. The second-order valence-electron chi connectivity index (χ2n) is 4.82. The van der Waals surface area contributed by atoms with E-state index in [-0.39, 0.29) is 0 Å². The van der Waals surface area contributed by atoms with E-state index >= 15 is 0 Å². The minimum atomic E-state index is -0.672. The number of benzene rings is 3. The average molecular weight is 327 g/mol. The molecule has 0 spiro atoms. The van der Waals surface area contributed by atoms with E-state index in [1.165, 1.54) is 10.6 Å². The Morgan fingerprint density at radius 3 is 1.77 bits per heavy atom. The van der Waals surface area contributed by atoms with Gasteiger partial charge in [-0.2, -0.15) is 0 Å². The molecule has 0 heterocycles. The normalized spacial score (nSPS) is 10.7. The van der Waals surface area contributed by atoms with Gasteiger partial charge in [-0.15, -0.1) is 0 Å². The van der Waals surface area contributed by atoms with Gasteiger partial charge in [0.25, 0.3) is 0 Å². The first-order valence-electron chi connectivity index (χ1n) is 7.03. The van der Waals surface area contributed by atoms with Gasteiger partial charge in [0.2, 0.25) is 0 Å². The molecule has 3 aromatic carbocycles. The molecule has 0 N–H and O–H groups in total. The molecule has 0 aliphatic carbocycles. The second kappa shape index (κ2) is 6.96. The fourth-order valence-electron chi connectivity index (χ4n) is 2.38. The first-order chi connectivity index (χ1) is 10.8. The molecule has 0 aliphatic heterocycles. The molecule has 0 unspecified atom stereocenters. The highest BCUT2D eigenvalue weighted by Gasteiger charge is 2.19. The summed E-state index contributed by atoms with van der Waals surface area (Å²) in [5.74, 6) is 0.782. The van der Waals surface area contributed by atoms with Crippen molar-refractivity contribution in [2.45, 2.75) is 0 Å². The Hall–Kier alpha value is -1.82. The molecule has 3 rings (SSSR count). The maximum absolute atomic E-state index is 6.54. The van der Waals surface area contributed by atoms with Crippen molar-refractivity contribution in [1.82, 2.24) is 0 Å². The Kier molecular flexibility index (Phi) is 4.77. The van der Waals surface area contributed by atoms with Gasteiger partial charge in [-0.25, -0.2) is 0 Å². The van der Waals surface area contributed by atoms with Gasteiger partial charge in [-0.3, -0.25) is 0 Å². The largest absolute Gasteiger partial charge is 0.497 e. The Balaban J connectivity index is 2.14. The fraction of sp³-hybridized carbons (Fsp3) is 0.0526. The van der Waals surface area contributed by atoms with Crippen LogP contribution in [-0.2, 0) is 0 Å². The van der Waals surface area contributed by atoms with Crippen LogP contribution in [-0.4, -0.2) is 7.11 Å². The molecule has 0 fully saturated rings. The van der Waals surface area contributed by atoms with E-state index in [1.54, 1.807) is 7.11 Å². The van der Waals surface area contributed by atoms with Crippen molar-refractivity contribution in [2.75, 3.05) is 7.11 Å². The Morgan fingerprint density at radius 1 is 0.773 bits per heavy atom. The van der Waals surface area contributed by atoms with Crippen LogP contribution in [0.5, 0.6) is 5.75 Å². The van der Waals surface area contributed by atoms with Crippen LogP contribution >= 0.6 is 19.5 Å². The van der Waals surface area contributed by atoms with E-state index in [2.05, 4.69) is 54.6 Å². The van der Waals surface area contributed by atoms with E-state index in [0.29, 0.717) is 0 Å². The Labute approximate surface area is 137 Å². The van der Waals surface area contributed by atoms with Crippen molar-refractivity contribution >= 4 is 35.4 Å². The lowest BCUT2D eigenvalue weighted by atomic mass is 10.3. The highest BCUT2D eigenvalue weighted by atomic mass is 35.5. The van der Waals surface area contributed by atoms with Crippen molar-refractivity contribution < 1.29 is 4.74 Å². The summed E-state index contributed by atoms with van der Waals surface area (Å²) in [4.78, 5) is 0. The van der Waals surface area contributed by atoms with E-state index < -0.39 is 7.92 Å². The van der Waals surface area contributed by atoms with Crippen molar-refractivity contribution in [3.05, 3.63) is 83.9 Å². The Bertz CT molecular complexity index is 704. The molecular weight excluding hydrogens is 311 g/mol. The second-order valence-corrected chi connectivity index (χ2v) is 7.42. The van der Waals surface area contributed by atoms with Crippen LogP contribution in [0.25, 0.3) is 0 Å². The van der Waals surface area contributed by atoms with Crippen LogP contribution in [0.3, 0.4) is 0 Å². The summed E-state index contributed by atoms with van der Waals surface area (Å²) in [6.45, 7) is 0. The van der Waals surface area contributed by atoms with Gasteiger partial charge in [0.15, 0.2) is 0 Å².